The fraction of sp³-hybridized carbons (Fsp3) is 0.263. The molecule has 0 aromatic heterocycles. The molecule has 2 atom stereocenters. The monoisotopic (exact) mass is 422 g/mol. The van der Waals surface area contributed by atoms with Crippen LogP contribution in [0, 0.1) is 0 Å². The van der Waals surface area contributed by atoms with Gasteiger partial charge < -0.3 is 10.6 Å². The normalized spacial score (nSPS) is 13.0. The number of hydrogen-bond donors (Lipinski definition) is 2. The van der Waals surface area contributed by atoms with Crippen molar-refractivity contribution in [2.45, 2.75) is 32.4 Å². The van der Waals surface area contributed by atoms with E-state index in [0.717, 1.165) is 15.6 Å². The van der Waals surface area contributed by atoms with Crippen LogP contribution in [-0.4, -0.2) is 11.8 Å². The van der Waals surface area contributed by atoms with Gasteiger partial charge in [0.1, 0.15) is 0 Å². The Labute approximate surface area is 161 Å². The van der Waals surface area contributed by atoms with E-state index in [2.05, 4.69) is 26.6 Å². The fourth-order valence-electron chi connectivity index (χ4n) is 2.58. The third-order valence-electron chi connectivity index (χ3n) is 3.79. The highest BCUT2D eigenvalue weighted by Gasteiger charge is 2.19. The molecule has 4 nitrogen and oxygen atoms in total. The lowest BCUT2D eigenvalue weighted by Gasteiger charge is -2.21. The second kappa shape index (κ2) is 9.02. The lowest BCUT2D eigenvalue weighted by Crippen LogP contribution is -2.33. The van der Waals surface area contributed by atoms with E-state index >= 15 is 0 Å². The molecule has 6 heteroatoms. The summed E-state index contributed by atoms with van der Waals surface area (Å²) >= 11 is 9.40. The summed E-state index contributed by atoms with van der Waals surface area (Å²) < 4.78 is 0.943. The quantitative estimate of drug-likeness (QED) is 0.716. The van der Waals surface area contributed by atoms with E-state index in [4.69, 9.17) is 11.6 Å². The third kappa shape index (κ3) is 5.87. The van der Waals surface area contributed by atoms with Crippen molar-refractivity contribution in [3.63, 3.8) is 0 Å². The van der Waals surface area contributed by atoms with Crippen LogP contribution in [0.5, 0.6) is 0 Å². The van der Waals surface area contributed by atoms with Gasteiger partial charge in [0, 0.05) is 16.4 Å². The van der Waals surface area contributed by atoms with Gasteiger partial charge in [0.05, 0.1) is 18.5 Å². The number of carbonyl (C=O) groups is 2. The molecule has 2 unspecified atom stereocenters. The van der Waals surface area contributed by atoms with E-state index in [1.165, 1.54) is 6.92 Å². The van der Waals surface area contributed by atoms with E-state index in [0.29, 0.717) is 5.02 Å². The predicted molar refractivity (Wildman–Crippen MR) is 103 cm³/mol. The molecule has 0 aliphatic heterocycles. The number of halogens is 2. The first-order valence-electron chi connectivity index (χ1n) is 7.93. The van der Waals surface area contributed by atoms with Gasteiger partial charge in [-0.15, -0.1) is 0 Å². The van der Waals surface area contributed by atoms with Gasteiger partial charge in [-0.25, -0.2) is 0 Å². The number of nitrogens with one attached hydrogen (secondary N) is 2. The van der Waals surface area contributed by atoms with Crippen LogP contribution >= 0.6 is 27.5 Å². The average molecular weight is 424 g/mol. The molecule has 2 amide bonds. The molecule has 0 radical (unpaired) electrons. The first-order chi connectivity index (χ1) is 11.9. The smallest absolute Gasteiger partial charge is 0.222 e. The highest BCUT2D eigenvalue weighted by atomic mass is 79.9. The summed E-state index contributed by atoms with van der Waals surface area (Å²) in [7, 11) is 0. The van der Waals surface area contributed by atoms with Gasteiger partial charge in [-0.2, -0.15) is 0 Å². The van der Waals surface area contributed by atoms with Crippen molar-refractivity contribution in [1.82, 2.24) is 10.6 Å². The van der Waals surface area contributed by atoms with Crippen LogP contribution in [0.3, 0.4) is 0 Å². The Balaban J connectivity index is 2.07. The number of amides is 2. The van der Waals surface area contributed by atoms with E-state index < -0.39 is 6.04 Å². The summed E-state index contributed by atoms with van der Waals surface area (Å²) in [6.45, 7) is 3.36. The number of hydrogen-bond acceptors (Lipinski definition) is 2. The predicted octanol–water partition coefficient (Wildman–Crippen LogP) is 4.55. The molecule has 2 aromatic rings. The summed E-state index contributed by atoms with van der Waals surface area (Å²) in [6.07, 6.45) is 0.149. The van der Waals surface area contributed by atoms with Crippen LogP contribution in [0.2, 0.25) is 5.02 Å². The van der Waals surface area contributed by atoms with Gasteiger partial charge in [0.25, 0.3) is 0 Å². The Morgan fingerprint density at radius 1 is 1.08 bits per heavy atom. The highest BCUT2D eigenvalue weighted by molar-refractivity contribution is 9.10. The van der Waals surface area contributed by atoms with Crippen molar-refractivity contribution < 1.29 is 9.59 Å². The first kappa shape index (κ1) is 19.5. The lowest BCUT2D eigenvalue weighted by molar-refractivity contribution is -0.123. The van der Waals surface area contributed by atoms with Gasteiger partial charge >= 0.3 is 0 Å². The molecule has 2 aromatic carbocycles. The van der Waals surface area contributed by atoms with Crippen LogP contribution in [0.15, 0.2) is 53.0 Å². The van der Waals surface area contributed by atoms with Crippen LogP contribution < -0.4 is 10.6 Å². The molecule has 0 aliphatic rings. The van der Waals surface area contributed by atoms with Crippen molar-refractivity contribution >= 4 is 39.3 Å². The second-order valence-corrected chi connectivity index (χ2v) is 7.11. The number of rotatable bonds is 6. The first-order valence-corrected chi connectivity index (χ1v) is 9.10. The maximum absolute atomic E-state index is 12.5. The maximum Gasteiger partial charge on any atom is 0.222 e. The molecule has 2 N–H and O–H groups in total. The van der Waals surface area contributed by atoms with Crippen molar-refractivity contribution in [2.24, 2.45) is 0 Å². The Morgan fingerprint density at radius 2 is 1.72 bits per heavy atom. The minimum absolute atomic E-state index is 0.142. The van der Waals surface area contributed by atoms with Crippen LogP contribution in [-0.2, 0) is 9.59 Å². The minimum atomic E-state index is -0.402. The van der Waals surface area contributed by atoms with Gasteiger partial charge in [-0.1, -0.05) is 57.9 Å². The summed E-state index contributed by atoms with van der Waals surface area (Å²) in [6, 6.07) is 14.3. The van der Waals surface area contributed by atoms with Crippen LogP contribution in [0.1, 0.15) is 43.5 Å². The SMILES string of the molecule is CC(=O)NC(CC(=O)NC(C)c1ccccc1Br)c1ccc(Cl)cc1. The van der Waals surface area contributed by atoms with Crippen molar-refractivity contribution in [1.29, 1.82) is 0 Å². The zero-order chi connectivity index (χ0) is 18.4. The highest BCUT2D eigenvalue weighted by Crippen LogP contribution is 2.24. The van der Waals surface area contributed by atoms with E-state index in [9.17, 15) is 9.59 Å². The van der Waals surface area contributed by atoms with Crippen molar-refractivity contribution in [2.75, 3.05) is 0 Å². The molecule has 0 bridgehead atoms. The Kier molecular flexibility index (Phi) is 7.02. The third-order valence-corrected chi connectivity index (χ3v) is 4.76. The summed E-state index contributed by atoms with van der Waals surface area (Å²) in [5.74, 6) is -0.330. The summed E-state index contributed by atoms with van der Waals surface area (Å²) in [5.41, 5.74) is 1.83. The molecule has 132 valence electrons. The maximum atomic E-state index is 12.5. The lowest BCUT2D eigenvalue weighted by atomic mass is 10.0. The van der Waals surface area contributed by atoms with Gasteiger partial charge in [0.15, 0.2) is 0 Å². The zero-order valence-electron chi connectivity index (χ0n) is 14.1. The molecule has 0 saturated heterocycles. The van der Waals surface area contributed by atoms with Crippen LogP contribution in [0.4, 0.5) is 0 Å². The van der Waals surface area contributed by atoms with Crippen molar-refractivity contribution in [3.05, 3.63) is 69.2 Å². The van der Waals surface area contributed by atoms with Gasteiger partial charge in [-0.3, -0.25) is 9.59 Å². The van der Waals surface area contributed by atoms with Gasteiger partial charge in [0.2, 0.25) is 11.8 Å². The van der Waals surface area contributed by atoms with E-state index in [-0.39, 0.29) is 24.3 Å². The largest absolute Gasteiger partial charge is 0.349 e. The molecule has 0 aliphatic carbocycles. The Bertz CT molecular complexity index is 749. The summed E-state index contributed by atoms with van der Waals surface area (Å²) in [4.78, 5) is 24.0. The molecular weight excluding hydrogens is 404 g/mol. The number of carbonyl (C=O) groups excluding carboxylic acids is 2. The minimum Gasteiger partial charge on any atom is -0.349 e. The molecular formula is C19H20BrClN2O2. The zero-order valence-corrected chi connectivity index (χ0v) is 16.4. The molecule has 0 saturated carbocycles. The second-order valence-electron chi connectivity index (χ2n) is 5.82. The molecule has 25 heavy (non-hydrogen) atoms. The molecule has 2 rings (SSSR count). The van der Waals surface area contributed by atoms with E-state index in [1.807, 2.05) is 43.3 Å². The fourth-order valence-corrected chi connectivity index (χ4v) is 3.34. The molecule has 0 spiro atoms. The standard InChI is InChI=1S/C19H20BrClN2O2/c1-12(16-5-3-4-6-17(16)20)22-19(25)11-18(23-13(2)24)14-7-9-15(21)10-8-14/h3-10,12,18H,11H2,1-2H3,(H,22,25)(H,23,24). The Morgan fingerprint density at radius 3 is 2.32 bits per heavy atom. The average Bonchev–Trinajstić information content (AvgIpc) is 2.54. The summed E-state index contributed by atoms with van der Waals surface area (Å²) in [5, 5.41) is 6.40. The van der Waals surface area contributed by atoms with Crippen LogP contribution in [0.25, 0.3) is 0 Å². The topological polar surface area (TPSA) is 58.2 Å². The molecule has 0 heterocycles. The molecule has 0 fully saturated rings. The van der Waals surface area contributed by atoms with Crippen molar-refractivity contribution in [3.8, 4) is 0 Å². The van der Waals surface area contributed by atoms with Gasteiger partial charge in [-0.05, 0) is 36.2 Å². The number of benzene rings is 2. The van der Waals surface area contributed by atoms with E-state index in [1.54, 1.807) is 12.1 Å². The Hall–Kier alpha value is -1.85.